The molecule has 2 aliphatic rings. The summed E-state index contributed by atoms with van der Waals surface area (Å²) in [7, 11) is 0. The van der Waals surface area contributed by atoms with E-state index < -0.39 is 0 Å². The van der Waals surface area contributed by atoms with Crippen LogP contribution in [0.4, 0.5) is 0 Å². The molecule has 2 heterocycles. The molecule has 0 N–H and O–H groups in total. The van der Waals surface area contributed by atoms with Crippen LogP contribution in [0.15, 0.2) is 0 Å². The molecule has 0 bridgehead atoms. The summed E-state index contributed by atoms with van der Waals surface area (Å²) in [5, 5.41) is 0. The molecular formula is C18H36N2O4. The third-order valence-corrected chi connectivity index (χ3v) is 4.52. The zero-order chi connectivity index (χ0) is 17.0. The van der Waals surface area contributed by atoms with E-state index >= 15 is 0 Å². The van der Waals surface area contributed by atoms with E-state index in [0.717, 1.165) is 78.9 Å². The molecule has 0 aromatic heterocycles. The zero-order valence-corrected chi connectivity index (χ0v) is 15.6. The lowest BCUT2D eigenvalue weighted by atomic mass is 10.2. The van der Waals surface area contributed by atoms with Gasteiger partial charge in [0.05, 0.1) is 52.9 Å². The molecule has 2 rings (SSSR count). The van der Waals surface area contributed by atoms with Crippen LogP contribution in [0.1, 0.15) is 13.8 Å². The molecule has 2 fully saturated rings. The highest BCUT2D eigenvalue weighted by Crippen LogP contribution is 2.05. The second-order valence-electron chi connectivity index (χ2n) is 7.19. The predicted octanol–water partition coefficient (Wildman–Crippen LogP) is 0.956. The number of hydrogen-bond donors (Lipinski definition) is 0. The molecule has 2 aliphatic heterocycles. The molecule has 0 aliphatic carbocycles. The molecule has 0 amide bonds. The van der Waals surface area contributed by atoms with Crippen LogP contribution >= 0.6 is 0 Å². The SMILES string of the molecule is CC(COCCOCC(C)CN1CCOCC1)CN1CCOCC1. The highest BCUT2D eigenvalue weighted by molar-refractivity contribution is 4.66. The smallest absolute Gasteiger partial charge is 0.0700 e. The Morgan fingerprint density at radius 1 is 0.708 bits per heavy atom. The standard InChI is InChI=1S/C18H36N2O4/c1-17(13-19-3-7-21-8-4-19)15-23-11-12-24-16-18(2)14-20-5-9-22-10-6-20/h17-18H,3-16H2,1-2H3. The summed E-state index contributed by atoms with van der Waals surface area (Å²) in [5.41, 5.74) is 0. The zero-order valence-electron chi connectivity index (χ0n) is 15.6. The molecule has 2 atom stereocenters. The summed E-state index contributed by atoms with van der Waals surface area (Å²) < 4.78 is 22.3. The maximum atomic E-state index is 5.76. The van der Waals surface area contributed by atoms with E-state index in [-0.39, 0.29) is 0 Å². The molecule has 0 spiro atoms. The van der Waals surface area contributed by atoms with E-state index in [1.165, 1.54) is 0 Å². The van der Waals surface area contributed by atoms with Crippen molar-refractivity contribution in [3.8, 4) is 0 Å². The van der Waals surface area contributed by atoms with Crippen molar-refractivity contribution < 1.29 is 18.9 Å². The summed E-state index contributed by atoms with van der Waals surface area (Å²) in [6.07, 6.45) is 0. The Kier molecular flexibility index (Phi) is 10.2. The van der Waals surface area contributed by atoms with Crippen LogP contribution in [0.3, 0.4) is 0 Å². The van der Waals surface area contributed by atoms with Crippen LogP contribution in [-0.2, 0) is 18.9 Å². The second-order valence-corrected chi connectivity index (χ2v) is 7.19. The van der Waals surface area contributed by atoms with Gasteiger partial charge in [-0.05, 0) is 11.8 Å². The highest BCUT2D eigenvalue weighted by atomic mass is 16.5. The average molecular weight is 344 g/mol. The van der Waals surface area contributed by atoms with Gasteiger partial charge in [-0.25, -0.2) is 0 Å². The molecule has 6 nitrogen and oxygen atoms in total. The minimum Gasteiger partial charge on any atom is -0.379 e. The van der Waals surface area contributed by atoms with Gasteiger partial charge in [0, 0.05) is 39.3 Å². The summed E-state index contributed by atoms with van der Waals surface area (Å²) in [6, 6.07) is 0. The van der Waals surface area contributed by atoms with Gasteiger partial charge in [-0.2, -0.15) is 0 Å². The topological polar surface area (TPSA) is 43.4 Å². The minimum atomic E-state index is 0.559. The fourth-order valence-electron chi connectivity index (χ4n) is 3.24. The molecular weight excluding hydrogens is 308 g/mol. The Labute approximate surface area is 147 Å². The molecule has 0 saturated carbocycles. The van der Waals surface area contributed by atoms with Crippen molar-refractivity contribution in [1.82, 2.24) is 9.80 Å². The van der Waals surface area contributed by atoms with E-state index in [9.17, 15) is 0 Å². The van der Waals surface area contributed by atoms with Crippen LogP contribution < -0.4 is 0 Å². The highest BCUT2D eigenvalue weighted by Gasteiger charge is 2.15. The van der Waals surface area contributed by atoms with Gasteiger partial charge in [-0.15, -0.1) is 0 Å². The second kappa shape index (κ2) is 12.2. The van der Waals surface area contributed by atoms with Gasteiger partial charge < -0.3 is 18.9 Å². The quantitative estimate of drug-likeness (QED) is 0.520. The third-order valence-electron chi connectivity index (χ3n) is 4.52. The van der Waals surface area contributed by atoms with E-state index in [1.54, 1.807) is 0 Å². The molecule has 0 aromatic carbocycles. The summed E-state index contributed by atoms with van der Waals surface area (Å²) in [5.74, 6) is 1.12. The molecule has 2 saturated heterocycles. The van der Waals surface area contributed by atoms with Gasteiger partial charge in [-0.1, -0.05) is 13.8 Å². The molecule has 0 aromatic rings. The number of nitrogens with zero attached hydrogens (tertiary/aromatic N) is 2. The van der Waals surface area contributed by atoms with Crippen molar-refractivity contribution in [2.75, 3.05) is 92.1 Å². The Hall–Kier alpha value is -0.240. The maximum absolute atomic E-state index is 5.76. The van der Waals surface area contributed by atoms with Crippen LogP contribution in [0.25, 0.3) is 0 Å². The molecule has 24 heavy (non-hydrogen) atoms. The van der Waals surface area contributed by atoms with Gasteiger partial charge >= 0.3 is 0 Å². The maximum Gasteiger partial charge on any atom is 0.0700 e. The fraction of sp³-hybridized carbons (Fsp3) is 1.00. The van der Waals surface area contributed by atoms with Gasteiger partial charge in [0.1, 0.15) is 0 Å². The van der Waals surface area contributed by atoms with E-state index in [2.05, 4.69) is 23.6 Å². The van der Waals surface area contributed by atoms with Crippen molar-refractivity contribution in [3.05, 3.63) is 0 Å². The lowest BCUT2D eigenvalue weighted by Crippen LogP contribution is -2.39. The first-order valence-corrected chi connectivity index (χ1v) is 9.49. The van der Waals surface area contributed by atoms with Crippen molar-refractivity contribution in [2.45, 2.75) is 13.8 Å². The van der Waals surface area contributed by atoms with Gasteiger partial charge in [0.15, 0.2) is 0 Å². The lowest BCUT2D eigenvalue weighted by Gasteiger charge is -2.29. The molecule has 2 unspecified atom stereocenters. The Morgan fingerprint density at radius 3 is 1.46 bits per heavy atom. The van der Waals surface area contributed by atoms with E-state index in [0.29, 0.717) is 25.0 Å². The predicted molar refractivity (Wildman–Crippen MR) is 94.5 cm³/mol. The average Bonchev–Trinajstić information content (AvgIpc) is 2.60. The first-order valence-electron chi connectivity index (χ1n) is 9.49. The van der Waals surface area contributed by atoms with Crippen LogP contribution in [0.5, 0.6) is 0 Å². The minimum absolute atomic E-state index is 0.559. The van der Waals surface area contributed by atoms with Gasteiger partial charge in [0.2, 0.25) is 0 Å². The normalized spacial score (nSPS) is 23.2. The van der Waals surface area contributed by atoms with E-state index in [1.807, 2.05) is 0 Å². The monoisotopic (exact) mass is 344 g/mol. The fourth-order valence-corrected chi connectivity index (χ4v) is 3.24. The Balaban J connectivity index is 1.40. The summed E-state index contributed by atoms with van der Waals surface area (Å²) >= 11 is 0. The van der Waals surface area contributed by atoms with Crippen LogP contribution in [0.2, 0.25) is 0 Å². The third kappa shape index (κ3) is 8.74. The molecule has 0 radical (unpaired) electrons. The van der Waals surface area contributed by atoms with Crippen molar-refractivity contribution in [3.63, 3.8) is 0 Å². The van der Waals surface area contributed by atoms with E-state index in [4.69, 9.17) is 18.9 Å². The lowest BCUT2D eigenvalue weighted by molar-refractivity contribution is -0.00248. The van der Waals surface area contributed by atoms with Crippen molar-refractivity contribution in [2.24, 2.45) is 11.8 Å². The molecule has 6 heteroatoms. The van der Waals surface area contributed by atoms with Crippen molar-refractivity contribution in [1.29, 1.82) is 0 Å². The van der Waals surface area contributed by atoms with Gasteiger partial charge in [-0.3, -0.25) is 9.80 Å². The number of morpholine rings is 2. The van der Waals surface area contributed by atoms with Crippen LogP contribution in [-0.4, -0.2) is 102 Å². The summed E-state index contributed by atoms with van der Waals surface area (Å²) in [6.45, 7) is 17.4. The Morgan fingerprint density at radius 2 is 1.08 bits per heavy atom. The first-order chi connectivity index (χ1) is 11.7. The number of ether oxygens (including phenoxy) is 4. The van der Waals surface area contributed by atoms with Crippen molar-refractivity contribution >= 4 is 0 Å². The molecule has 142 valence electrons. The largest absolute Gasteiger partial charge is 0.379 e. The van der Waals surface area contributed by atoms with Gasteiger partial charge in [0.25, 0.3) is 0 Å². The number of rotatable bonds is 11. The summed E-state index contributed by atoms with van der Waals surface area (Å²) in [4.78, 5) is 4.92. The number of hydrogen-bond acceptors (Lipinski definition) is 6. The first kappa shape index (κ1) is 20.1. The Bertz CT molecular complexity index is 277. The van der Waals surface area contributed by atoms with Crippen LogP contribution in [0, 0.1) is 11.8 Å².